The molecule has 29 heavy (non-hydrogen) atoms. The van der Waals surface area contributed by atoms with Crippen molar-refractivity contribution < 1.29 is 14.5 Å². The Hall–Kier alpha value is -2.62. The number of thioether (sulfide) groups is 1. The lowest BCUT2D eigenvalue weighted by atomic mass is 10.2. The van der Waals surface area contributed by atoms with Gasteiger partial charge >= 0.3 is 0 Å². The molecule has 2 aromatic carbocycles. The maximum absolute atomic E-state index is 12.5. The van der Waals surface area contributed by atoms with Crippen LogP contribution in [0.4, 0.5) is 17.1 Å². The van der Waals surface area contributed by atoms with Crippen molar-refractivity contribution in [3.05, 3.63) is 62.6 Å². The molecule has 0 spiro atoms. The van der Waals surface area contributed by atoms with Crippen LogP contribution < -0.4 is 5.32 Å². The summed E-state index contributed by atoms with van der Waals surface area (Å²) >= 11 is 13.2. The third-order valence-corrected chi connectivity index (χ3v) is 6.07. The molecule has 2 aromatic rings. The molecule has 0 aromatic heterocycles. The molecule has 1 saturated heterocycles. The van der Waals surface area contributed by atoms with Gasteiger partial charge in [-0.25, -0.2) is 4.99 Å². The van der Waals surface area contributed by atoms with Crippen molar-refractivity contribution in [3.8, 4) is 0 Å². The first-order valence-electron chi connectivity index (χ1n) is 8.28. The Kier molecular flexibility index (Phi) is 6.41. The van der Waals surface area contributed by atoms with E-state index in [1.165, 1.54) is 23.1 Å². The molecule has 0 saturated carbocycles. The van der Waals surface area contributed by atoms with E-state index in [9.17, 15) is 19.7 Å². The van der Waals surface area contributed by atoms with Crippen molar-refractivity contribution in [3.63, 3.8) is 0 Å². The van der Waals surface area contributed by atoms with E-state index in [-0.39, 0.29) is 28.7 Å². The SMILES string of the molecule is CN1C(=O)C(CC(=O)Nc2ccccc2[N+](=O)[O-])SC1=Nc1cccc(Cl)c1Cl. The number of anilines is 1. The van der Waals surface area contributed by atoms with Crippen LogP contribution in [-0.4, -0.2) is 39.1 Å². The van der Waals surface area contributed by atoms with Gasteiger partial charge in [-0.05, 0) is 18.2 Å². The van der Waals surface area contributed by atoms with Gasteiger partial charge in [0.1, 0.15) is 10.9 Å². The second kappa shape index (κ2) is 8.81. The zero-order chi connectivity index (χ0) is 21.1. The molecular formula is C18H14Cl2N4O4S. The molecule has 1 aliphatic heterocycles. The van der Waals surface area contributed by atoms with Crippen LogP contribution >= 0.6 is 35.0 Å². The van der Waals surface area contributed by atoms with E-state index in [1.54, 1.807) is 31.3 Å². The van der Waals surface area contributed by atoms with Crippen molar-refractivity contribution in [2.75, 3.05) is 12.4 Å². The van der Waals surface area contributed by atoms with E-state index in [0.29, 0.717) is 15.9 Å². The summed E-state index contributed by atoms with van der Waals surface area (Å²) in [7, 11) is 1.55. The number of carbonyl (C=O) groups is 2. The number of aliphatic imine (C=N–C) groups is 1. The molecule has 1 aliphatic rings. The highest BCUT2D eigenvalue weighted by molar-refractivity contribution is 8.15. The Morgan fingerprint density at radius 1 is 1.28 bits per heavy atom. The summed E-state index contributed by atoms with van der Waals surface area (Å²) in [6.07, 6.45) is -0.164. The van der Waals surface area contributed by atoms with E-state index >= 15 is 0 Å². The van der Waals surface area contributed by atoms with E-state index < -0.39 is 16.1 Å². The lowest BCUT2D eigenvalue weighted by molar-refractivity contribution is -0.383. The minimum absolute atomic E-state index is 0.0749. The lowest BCUT2D eigenvalue weighted by Crippen LogP contribution is -2.30. The number of nitro groups is 1. The number of nitrogens with zero attached hydrogens (tertiary/aromatic N) is 3. The van der Waals surface area contributed by atoms with Crippen molar-refractivity contribution in [2.45, 2.75) is 11.7 Å². The van der Waals surface area contributed by atoms with Crippen LogP contribution in [0.1, 0.15) is 6.42 Å². The summed E-state index contributed by atoms with van der Waals surface area (Å²) in [6.45, 7) is 0. The molecule has 1 fully saturated rings. The molecular weight excluding hydrogens is 439 g/mol. The second-order valence-corrected chi connectivity index (χ2v) is 7.95. The number of benzene rings is 2. The van der Waals surface area contributed by atoms with E-state index in [2.05, 4.69) is 10.3 Å². The zero-order valence-electron chi connectivity index (χ0n) is 15.0. The number of nitro benzene ring substituents is 1. The van der Waals surface area contributed by atoms with Gasteiger partial charge < -0.3 is 5.32 Å². The highest BCUT2D eigenvalue weighted by Crippen LogP contribution is 2.36. The number of amidine groups is 1. The lowest BCUT2D eigenvalue weighted by Gasteiger charge is -2.09. The molecule has 1 N–H and O–H groups in total. The summed E-state index contributed by atoms with van der Waals surface area (Å²) in [5, 5.41) is 13.8. The minimum Gasteiger partial charge on any atom is -0.320 e. The van der Waals surface area contributed by atoms with Crippen LogP contribution in [-0.2, 0) is 9.59 Å². The molecule has 0 aliphatic carbocycles. The molecule has 0 radical (unpaired) electrons. The Labute approximate surface area is 180 Å². The third kappa shape index (κ3) is 4.69. The maximum Gasteiger partial charge on any atom is 0.292 e. The van der Waals surface area contributed by atoms with Crippen LogP contribution in [0.5, 0.6) is 0 Å². The predicted molar refractivity (Wildman–Crippen MR) is 114 cm³/mol. The first-order chi connectivity index (χ1) is 13.8. The molecule has 8 nitrogen and oxygen atoms in total. The van der Waals surface area contributed by atoms with Crippen LogP contribution in [0.2, 0.25) is 10.0 Å². The fourth-order valence-electron chi connectivity index (χ4n) is 2.59. The molecule has 3 rings (SSSR count). The highest BCUT2D eigenvalue weighted by atomic mass is 35.5. The summed E-state index contributed by atoms with van der Waals surface area (Å²) in [6, 6.07) is 10.8. The Morgan fingerprint density at radius 2 is 2.00 bits per heavy atom. The largest absolute Gasteiger partial charge is 0.320 e. The van der Waals surface area contributed by atoms with Gasteiger partial charge in [-0.1, -0.05) is 53.2 Å². The Bertz CT molecular complexity index is 1030. The zero-order valence-corrected chi connectivity index (χ0v) is 17.3. The van der Waals surface area contributed by atoms with E-state index in [1.807, 2.05) is 0 Å². The fourth-order valence-corrected chi connectivity index (χ4v) is 4.07. The standard InChI is InChI=1S/C18H14Cl2N4O4S/c1-23-17(26)14(29-18(23)22-12-7-4-5-10(19)16(12)20)9-15(25)21-11-6-2-3-8-13(11)24(27)28/h2-8,14H,9H2,1H3,(H,21,25). The third-order valence-electron chi connectivity index (χ3n) is 4.03. The predicted octanol–water partition coefficient (Wildman–Crippen LogP) is 4.49. The van der Waals surface area contributed by atoms with Crippen LogP contribution in [0, 0.1) is 10.1 Å². The smallest absolute Gasteiger partial charge is 0.292 e. The molecule has 1 heterocycles. The average Bonchev–Trinajstić information content (AvgIpc) is 2.93. The van der Waals surface area contributed by atoms with Crippen molar-refractivity contribution in [2.24, 2.45) is 4.99 Å². The summed E-state index contributed by atoms with van der Waals surface area (Å²) in [5.74, 6) is -0.815. The molecule has 0 bridgehead atoms. The summed E-state index contributed by atoms with van der Waals surface area (Å²) < 4.78 is 0. The number of amides is 2. The van der Waals surface area contributed by atoms with Gasteiger partial charge in [0.05, 0.1) is 20.7 Å². The molecule has 2 amide bonds. The molecule has 1 atom stereocenters. The molecule has 11 heteroatoms. The van der Waals surface area contributed by atoms with Crippen molar-refractivity contribution >= 4 is 69.0 Å². The number of carbonyl (C=O) groups excluding carboxylic acids is 2. The van der Waals surface area contributed by atoms with Crippen molar-refractivity contribution in [1.29, 1.82) is 0 Å². The summed E-state index contributed by atoms with van der Waals surface area (Å²) in [5.41, 5.74) is 0.262. The average molecular weight is 453 g/mol. The van der Waals surface area contributed by atoms with Gasteiger partial charge in [0.15, 0.2) is 5.17 Å². The number of nitrogens with one attached hydrogen (secondary N) is 1. The minimum atomic E-state index is -0.709. The van der Waals surface area contributed by atoms with Crippen LogP contribution in [0.3, 0.4) is 0 Å². The van der Waals surface area contributed by atoms with Crippen LogP contribution in [0.25, 0.3) is 0 Å². The topological polar surface area (TPSA) is 105 Å². The van der Waals surface area contributed by atoms with Crippen molar-refractivity contribution in [1.82, 2.24) is 4.90 Å². The Balaban J connectivity index is 1.73. The number of halogens is 2. The van der Waals surface area contributed by atoms with Gasteiger partial charge in [0.25, 0.3) is 5.69 Å². The van der Waals surface area contributed by atoms with E-state index in [0.717, 1.165) is 11.8 Å². The second-order valence-electron chi connectivity index (χ2n) is 6.00. The molecule has 1 unspecified atom stereocenters. The number of rotatable bonds is 5. The van der Waals surface area contributed by atoms with Gasteiger partial charge in [0, 0.05) is 19.5 Å². The number of hydrogen-bond acceptors (Lipinski definition) is 6. The van der Waals surface area contributed by atoms with Crippen LogP contribution in [0.15, 0.2) is 47.5 Å². The highest BCUT2D eigenvalue weighted by Gasteiger charge is 2.37. The van der Waals surface area contributed by atoms with Gasteiger partial charge in [-0.15, -0.1) is 0 Å². The monoisotopic (exact) mass is 452 g/mol. The summed E-state index contributed by atoms with van der Waals surface area (Å²) in [4.78, 5) is 41.1. The fraction of sp³-hybridized carbons (Fsp3) is 0.167. The van der Waals surface area contributed by atoms with Gasteiger partial charge in [0.2, 0.25) is 11.8 Å². The van der Waals surface area contributed by atoms with E-state index in [4.69, 9.17) is 23.2 Å². The number of para-hydroxylation sites is 2. The van der Waals surface area contributed by atoms with Gasteiger partial charge in [-0.2, -0.15) is 0 Å². The Morgan fingerprint density at radius 3 is 2.72 bits per heavy atom. The first-order valence-corrected chi connectivity index (χ1v) is 9.91. The normalized spacial score (nSPS) is 17.6. The number of hydrogen-bond donors (Lipinski definition) is 1. The maximum atomic E-state index is 12.5. The quantitative estimate of drug-likeness (QED) is 0.531. The van der Waals surface area contributed by atoms with Gasteiger partial charge in [-0.3, -0.25) is 24.6 Å². The first kappa shape index (κ1) is 21.1. The molecule has 150 valence electrons.